The Morgan fingerprint density at radius 3 is 2.76 bits per heavy atom. The van der Waals surface area contributed by atoms with E-state index in [1.165, 1.54) is 18.2 Å². The Labute approximate surface area is 188 Å². The number of nitrogens with one attached hydrogen (secondary N) is 1. The molecule has 33 heavy (non-hydrogen) atoms. The SMILES string of the molecule is NC1CC2C[C@H](Cc3cccc(F)c3-c3nc(ccc3F)C(=O)Nc3cnccc32)/C1=N/O. The number of nitrogens with zero attached hydrogens (tertiary/aromatic N) is 3. The van der Waals surface area contributed by atoms with Crippen LogP contribution in [0.25, 0.3) is 11.3 Å². The topological polar surface area (TPSA) is 113 Å². The zero-order chi connectivity index (χ0) is 23.1. The number of benzene rings is 1. The van der Waals surface area contributed by atoms with Crippen molar-refractivity contribution in [3.63, 3.8) is 0 Å². The van der Waals surface area contributed by atoms with Crippen molar-refractivity contribution in [2.45, 2.75) is 31.2 Å². The Balaban J connectivity index is 1.75. The van der Waals surface area contributed by atoms with Crippen LogP contribution in [0.15, 0.2) is 53.9 Å². The van der Waals surface area contributed by atoms with Gasteiger partial charge >= 0.3 is 0 Å². The van der Waals surface area contributed by atoms with E-state index >= 15 is 4.39 Å². The van der Waals surface area contributed by atoms with Gasteiger partial charge in [-0.1, -0.05) is 17.3 Å². The molecule has 4 N–H and O–H groups in total. The molecule has 0 radical (unpaired) electrons. The lowest BCUT2D eigenvalue weighted by Crippen LogP contribution is -2.43. The van der Waals surface area contributed by atoms with Crippen LogP contribution < -0.4 is 11.1 Å². The number of anilines is 1. The Kier molecular flexibility index (Phi) is 5.33. The third-order valence-electron chi connectivity index (χ3n) is 6.45. The van der Waals surface area contributed by atoms with Gasteiger partial charge in [0.05, 0.1) is 17.6 Å². The summed E-state index contributed by atoms with van der Waals surface area (Å²) in [6.45, 7) is 0. The molecule has 1 saturated carbocycles. The van der Waals surface area contributed by atoms with E-state index in [0.717, 1.165) is 11.6 Å². The summed E-state index contributed by atoms with van der Waals surface area (Å²) in [6.07, 6.45) is 4.49. The summed E-state index contributed by atoms with van der Waals surface area (Å²) < 4.78 is 29.9. The molecule has 9 heteroatoms. The predicted octanol–water partition coefficient (Wildman–Crippen LogP) is 3.88. The Hall–Kier alpha value is -3.72. The van der Waals surface area contributed by atoms with Gasteiger partial charge in [0.25, 0.3) is 5.91 Å². The Morgan fingerprint density at radius 1 is 1.09 bits per heavy atom. The average Bonchev–Trinajstić information content (AvgIpc) is 2.80. The second-order valence-corrected chi connectivity index (χ2v) is 8.42. The third kappa shape index (κ3) is 3.74. The molecule has 0 spiro atoms. The highest BCUT2D eigenvalue weighted by Crippen LogP contribution is 2.40. The van der Waals surface area contributed by atoms with Crippen molar-refractivity contribution in [2.24, 2.45) is 16.8 Å². The van der Waals surface area contributed by atoms with Gasteiger partial charge in [-0.25, -0.2) is 13.8 Å². The second-order valence-electron chi connectivity index (χ2n) is 8.42. The highest BCUT2D eigenvalue weighted by Gasteiger charge is 2.36. The first-order valence-corrected chi connectivity index (χ1v) is 10.6. The van der Waals surface area contributed by atoms with Crippen molar-refractivity contribution in [3.8, 4) is 11.3 Å². The number of carbonyl (C=O) groups is 1. The number of rotatable bonds is 0. The van der Waals surface area contributed by atoms with E-state index in [1.54, 1.807) is 18.5 Å². The zero-order valence-electron chi connectivity index (χ0n) is 17.5. The fourth-order valence-corrected chi connectivity index (χ4v) is 4.95. The van der Waals surface area contributed by atoms with Gasteiger partial charge in [-0.2, -0.15) is 0 Å². The molecule has 2 unspecified atom stereocenters. The van der Waals surface area contributed by atoms with Gasteiger partial charge in [0.1, 0.15) is 23.0 Å². The highest BCUT2D eigenvalue weighted by atomic mass is 19.1. The normalized spacial score (nSPS) is 23.4. The lowest BCUT2D eigenvalue weighted by molar-refractivity contribution is 0.102. The summed E-state index contributed by atoms with van der Waals surface area (Å²) in [5.41, 5.74) is 8.30. The van der Waals surface area contributed by atoms with Crippen molar-refractivity contribution in [3.05, 3.63) is 77.2 Å². The van der Waals surface area contributed by atoms with E-state index < -0.39 is 23.6 Å². The molecule has 7 nitrogen and oxygen atoms in total. The molecule has 0 saturated heterocycles. The van der Waals surface area contributed by atoms with Crippen molar-refractivity contribution in [1.29, 1.82) is 0 Å². The maximum absolute atomic E-state index is 15.0. The predicted molar refractivity (Wildman–Crippen MR) is 118 cm³/mol. The standard InChI is InChI=1S/C24H21F2N5O2/c25-16-3-1-2-12-8-14-9-13(10-18(27)22(14)31-33)15-6-7-28-11-20(15)30-24(32)19-5-4-17(26)23(29-19)21(12)16/h1-7,11,13-14,18,33H,8-10,27H2,(H,30,32)/b31-22-/t13?,14-,18?/m0/s1. The first-order valence-electron chi connectivity index (χ1n) is 10.6. The molecule has 1 aliphatic carbocycles. The van der Waals surface area contributed by atoms with E-state index in [0.29, 0.717) is 29.8 Å². The van der Waals surface area contributed by atoms with Crippen molar-refractivity contribution in [1.82, 2.24) is 9.97 Å². The summed E-state index contributed by atoms with van der Waals surface area (Å²) >= 11 is 0. The van der Waals surface area contributed by atoms with Gasteiger partial charge in [0.15, 0.2) is 0 Å². The molecule has 3 heterocycles. The number of carbonyl (C=O) groups excluding carboxylic acids is 1. The van der Waals surface area contributed by atoms with Gasteiger partial charge in [-0.15, -0.1) is 0 Å². The van der Waals surface area contributed by atoms with Crippen LogP contribution >= 0.6 is 0 Å². The maximum atomic E-state index is 15.0. The summed E-state index contributed by atoms with van der Waals surface area (Å²) in [5.74, 6) is -2.36. The fraction of sp³-hybridized carbons (Fsp3) is 0.250. The number of hydrogen-bond donors (Lipinski definition) is 3. The first kappa shape index (κ1) is 21.1. The van der Waals surface area contributed by atoms with Crippen molar-refractivity contribution < 1.29 is 18.8 Å². The second kappa shape index (κ2) is 8.32. The van der Waals surface area contributed by atoms with Crippen LogP contribution in [0.1, 0.15) is 40.4 Å². The van der Waals surface area contributed by atoms with Gasteiger partial charge in [-0.05, 0) is 60.6 Å². The molecule has 1 aliphatic heterocycles. The quantitative estimate of drug-likeness (QED) is 0.356. The van der Waals surface area contributed by atoms with E-state index in [2.05, 4.69) is 20.4 Å². The summed E-state index contributed by atoms with van der Waals surface area (Å²) in [7, 11) is 0. The van der Waals surface area contributed by atoms with E-state index in [9.17, 15) is 14.4 Å². The number of oxime groups is 1. The largest absolute Gasteiger partial charge is 0.411 e. The third-order valence-corrected chi connectivity index (χ3v) is 6.45. The van der Waals surface area contributed by atoms with Gasteiger partial charge < -0.3 is 16.3 Å². The molecule has 1 fully saturated rings. The minimum atomic E-state index is -0.746. The smallest absolute Gasteiger partial charge is 0.274 e. The Bertz CT molecular complexity index is 1280. The molecule has 2 aliphatic rings. The van der Waals surface area contributed by atoms with Crippen LogP contribution in [0.5, 0.6) is 0 Å². The molecule has 1 aromatic carbocycles. The number of aromatic nitrogens is 2. The number of amides is 1. The van der Waals surface area contributed by atoms with E-state index in [4.69, 9.17) is 5.73 Å². The monoisotopic (exact) mass is 449 g/mol. The molecule has 1 amide bonds. The Morgan fingerprint density at radius 2 is 1.94 bits per heavy atom. The summed E-state index contributed by atoms with van der Waals surface area (Å²) in [6, 6.07) is 8.10. The highest BCUT2D eigenvalue weighted by molar-refractivity contribution is 6.03. The van der Waals surface area contributed by atoms with Crippen LogP contribution in [0.2, 0.25) is 0 Å². The van der Waals surface area contributed by atoms with Gasteiger partial charge in [0, 0.05) is 23.7 Å². The molecule has 168 valence electrons. The number of pyridine rings is 2. The molecule has 2 aromatic heterocycles. The van der Waals surface area contributed by atoms with Crippen molar-refractivity contribution in [2.75, 3.05) is 5.32 Å². The number of nitrogens with two attached hydrogens (primary N) is 1. The van der Waals surface area contributed by atoms with E-state index in [1.807, 2.05) is 6.07 Å². The van der Waals surface area contributed by atoms with Gasteiger partial charge in [-0.3, -0.25) is 9.78 Å². The molecule has 5 rings (SSSR count). The lowest BCUT2D eigenvalue weighted by atomic mass is 9.72. The first-order chi connectivity index (χ1) is 16.0. The molecule has 3 aromatic rings. The minimum absolute atomic E-state index is 0.0175. The molecule has 3 atom stereocenters. The van der Waals surface area contributed by atoms with Crippen LogP contribution in [-0.2, 0) is 6.42 Å². The number of fused-ring (bicyclic) bond motifs is 8. The molecular formula is C24H21F2N5O2. The average molecular weight is 449 g/mol. The van der Waals surface area contributed by atoms with Crippen LogP contribution in [-0.4, -0.2) is 32.8 Å². The maximum Gasteiger partial charge on any atom is 0.274 e. The fourth-order valence-electron chi connectivity index (χ4n) is 4.95. The van der Waals surface area contributed by atoms with Crippen LogP contribution in [0.4, 0.5) is 14.5 Å². The van der Waals surface area contributed by atoms with Crippen LogP contribution in [0, 0.1) is 17.6 Å². The van der Waals surface area contributed by atoms with Gasteiger partial charge in [0.2, 0.25) is 0 Å². The summed E-state index contributed by atoms with van der Waals surface area (Å²) in [4.78, 5) is 21.3. The summed E-state index contributed by atoms with van der Waals surface area (Å²) in [5, 5.41) is 16.0. The van der Waals surface area contributed by atoms with Crippen LogP contribution in [0.3, 0.4) is 0 Å². The molecular weight excluding hydrogens is 428 g/mol. The number of hydrogen-bond acceptors (Lipinski definition) is 6. The van der Waals surface area contributed by atoms with E-state index in [-0.39, 0.29) is 35.2 Å². The molecule has 4 bridgehead atoms. The minimum Gasteiger partial charge on any atom is -0.411 e. The number of halogens is 2. The lowest BCUT2D eigenvalue weighted by Gasteiger charge is -2.35. The van der Waals surface area contributed by atoms with Crippen molar-refractivity contribution >= 4 is 17.3 Å². The zero-order valence-corrected chi connectivity index (χ0v) is 17.5.